The molecule has 2 aliphatic rings. The number of nitrogens with zero attached hydrogens (tertiary/aromatic N) is 4. The maximum Gasteiger partial charge on any atom is 0.167 e. The summed E-state index contributed by atoms with van der Waals surface area (Å²) in [7, 11) is 0. The topological polar surface area (TPSA) is 126 Å². The molecule has 0 amide bonds. The molecule has 1 saturated heterocycles. The fraction of sp³-hybridized carbons (Fsp3) is 0.320. The SMILES string of the molecule is OC[C@H]1OC(n2cnc3c(NCCC4c5ccccc5-c5ccccc54)ncnc32)[C@H](O)[C@@H]1O. The first-order valence-electron chi connectivity index (χ1n) is 11.4. The lowest BCUT2D eigenvalue weighted by Gasteiger charge is -2.17. The maximum atomic E-state index is 10.4. The van der Waals surface area contributed by atoms with E-state index in [1.807, 2.05) is 0 Å². The highest BCUT2D eigenvalue weighted by molar-refractivity contribution is 5.83. The van der Waals surface area contributed by atoms with Crippen molar-refractivity contribution in [2.24, 2.45) is 0 Å². The fourth-order valence-electron chi connectivity index (χ4n) is 5.18. The molecule has 0 radical (unpaired) electrons. The van der Waals surface area contributed by atoms with Gasteiger partial charge in [0.2, 0.25) is 0 Å². The minimum atomic E-state index is -1.21. The van der Waals surface area contributed by atoms with Crippen molar-refractivity contribution >= 4 is 17.0 Å². The molecule has 6 rings (SSSR count). The maximum absolute atomic E-state index is 10.4. The summed E-state index contributed by atoms with van der Waals surface area (Å²) in [6.07, 6.45) is -0.332. The molecule has 3 heterocycles. The molecule has 0 spiro atoms. The Bertz CT molecular complexity index is 1300. The average Bonchev–Trinajstić information content (AvgIpc) is 3.53. The number of nitrogens with one attached hydrogen (secondary N) is 1. The minimum Gasteiger partial charge on any atom is -0.394 e. The summed E-state index contributed by atoms with van der Waals surface area (Å²) in [6.45, 7) is 0.288. The quantitative estimate of drug-likeness (QED) is 0.345. The number of imidazole rings is 1. The largest absolute Gasteiger partial charge is 0.394 e. The summed E-state index contributed by atoms with van der Waals surface area (Å²) < 4.78 is 7.20. The van der Waals surface area contributed by atoms with Crippen molar-refractivity contribution in [3.63, 3.8) is 0 Å². The van der Waals surface area contributed by atoms with Crippen LogP contribution >= 0.6 is 0 Å². The molecule has 2 aromatic carbocycles. The van der Waals surface area contributed by atoms with E-state index in [0.29, 0.717) is 29.4 Å². The van der Waals surface area contributed by atoms with Crippen LogP contribution in [0.4, 0.5) is 5.82 Å². The molecule has 34 heavy (non-hydrogen) atoms. The number of fused-ring (bicyclic) bond motifs is 4. The van der Waals surface area contributed by atoms with E-state index in [0.717, 1.165) is 6.42 Å². The molecule has 9 heteroatoms. The van der Waals surface area contributed by atoms with E-state index >= 15 is 0 Å². The van der Waals surface area contributed by atoms with Gasteiger partial charge in [-0.25, -0.2) is 15.0 Å². The fourth-order valence-corrected chi connectivity index (χ4v) is 5.18. The highest BCUT2D eigenvalue weighted by Gasteiger charge is 2.44. The van der Waals surface area contributed by atoms with E-state index in [4.69, 9.17) is 4.74 Å². The molecular formula is C25H25N5O4. The lowest BCUT2D eigenvalue weighted by Crippen LogP contribution is -2.33. The van der Waals surface area contributed by atoms with Crippen molar-refractivity contribution in [3.8, 4) is 11.1 Å². The molecule has 0 saturated carbocycles. The van der Waals surface area contributed by atoms with Crippen LogP contribution in [-0.4, -0.2) is 66.3 Å². The van der Waals surface area contributed by atoms with Crippen LogP contribution in [0, 0.1) is 0 Å². The summed E-state index contributed by atoms with van der Waals surface area (Å²) in [4.78, 5) is 13.1. The third-order valence-corrected chi connectivity index (χ3v) is 6.84. The van der Waals surface area contributed by atoms with E-state index in [9.17, 15) is 15.3 Å². The van der Waals surface area contributed by atoms with Crippen molar-refractivity contribution in [2.75, 3.05) is 18.5 Å². The number of aliphatic hydroxyl groups is 3. The highest BCUT2D eigenvalue weighted by atomic mass is 16.6. The Hall–Kier alpha value is -3.37. The van der Waals surface area contributed by atoms with Crippen LogP contribution in [0.25, 0.3) is 22.3 Å². The van der Waals surface area contributed by atoms with Crippen molar-refractivity contribution in [2.45, 2.75) is 36.9 Å². The van der Waals surface area contributed by atoms with Gasteiger partial charge in [-0.05, 0) is 28.7 Å². The van der Waals surface area contributed by atoms with Gasteiger partial charge in [0.05, 0.1) is 12.9 Å². The Morgan fingerprint density at radius 3 is 2.29 bits per heavy atom. The zero-order valence-corrected chi connectivity index (χ0v) is 18.3. The smallest absolute Gasteiger partial charge is 0.167 e. The molecule has 174 valence electrons. The first-order chi connectivity index (χ1) is 16.7. The number of aromatic nitrogens is 4. The molecule has 1 aliphatic heterocycles. The third kappa shape index (κ3) is 3.28. The van der Waals surface area contributed by atoms with E-state index in [-0.39, 0.29) is 0 Å². The first kappa shape index (κ1) is 21.2. The van der Waals surface area contributed by atoms with Crippen LogP contribution in [0.5, 0.6) is 0 Å². The number of benzene rings is 2. The normalized spacial score (nSPS) is 23.9. The molecule has 1 fully saturated rings. The van der Waals surface area contributed by atoms with Crippen LogP contribution in [-0.2, 0) is 4.74 Å². The van der Waals surface area contributed by atoms with Gasteiger partial charge in [-0.2, -0.15) is 0 Å². The van der Waals surface area contributed by atoms with Gasteiger partial charge in [0.1, 0.15) is 24.6 Å². The molecule has 1 unspecified atom stereocenters. The number of ether oxygens (including phenoxy) is 1. The Morgan fingerprint density at radius 2 is 1.62 bits per heavy atom. The number of anilines is 1. The van der Waals surface area contributed by atoms with Crippen LogP contribution in [0.2, 0.25) is 0 Å². The van der Waals surface area contributed by atoms with Crippen LogP contribution < -0.4 is 5.32 Å². The van der Waals surface area contributed by atoms with E-state index in [1.165, 1.54) is 34.9 Å². The number of hydrogen-bond donors (Lipinski definition) is 4. The van der Waals surface area contributed by atoms with E-state index in [1.54, 1.807) is 4.57 Å². The van der Waals surface area contributed by atoms with Crippen LogP contribution in [0.3, 0.4) is 0 Å². The van der Waals surface area contributed by atoms with Crippen molar-refractivity contribution < 1.29 is 20.1 Å². The van der Waals surface area contributed by atoms with Gasteiger partial charge in [-0.1, -0.05) is 48.5 Å². The second-order valence-corrected chi connectivity index (χ2v) is 8.72. The molecular weight excluding hydrogens is 434 g/mol. The van der Waals surface area contributed by atoms with Gasteiger partial charge in [0.15, 0.2) is 23.2 Å². The van der Waals surface area contributed by atoms with Gasteiger partial charge < -0.3 is 25.4 Å². The van der Waals surface area contributed by atoms with Crippen molar-refractivity contribution in [1.82, 2.24) is 19.5 Å². The van der Waals surface area contributed by atoms with Crippen LogP contribution in [0.15, 0.2) is 61.2 Å². The van der Waals surface area contributed by atoms with Gasteiger partial charge >= 0.3 is 0 Å². The monoisotopic (exact) mass is 459 g/mol. The average molecular weight is 460 g/mol. The number of rotatable bonds is 6. The molecule has 9 nitrogen and oxygen atoms in total. The van der Waals surface area contributed by atoms with Crippen molar-refractivity contribution in [1.29, 1.82) is 0 Å². The summed E-state index contributed by atoms with van der Waals surface area (Å²) in [6, 6.07) is 17.1. The summed E-state index contributed by atoms with van der Waals surface area (Å²) in [5.74, 6) is 0.892. The van der Waals surface area contributed by atoms with Gasteiger partial charge in [0, 0.05) is 12.5 Å². The molecule has 4 atom stereocenters. The minimum absolute atomic E-state index is 0.300. The van der Waals surface area contributed by atoms with Gasteiger partial charge in [-0.15, -0.1) is 0 Å². The standard InChI is InChI=1S/C25H25N5O4/c31-11-19-21(32)22(33)25(34-19)30-13-29-20-23(27-12-28-24(20)30)26-10-9-18-16-7-3-1-5-14(16)15-6-2-4-8-17(15)18/h1-8,12-13,18-19,21-22,25,31-33H,9-11H2,(H,26,27,28)/t19-,21-,22-,25?/m1/s1. The van der Waals surface area contributed by atoms with Gasteiger partial charge in [-0.3, -0.25) is 4.57 Å². The second-order valence-electron chi connectivity index (χ2n) is 8.72. The Balaban J connectivity index is 1.22. The summed E-state index contributed by atoms with van der Waals surface area (Å²) >= 11 is 0. The Morgan fingerprint density at radius 1 is 0.912 bits per heavy atom. The molecule has 0 bridgehead atoms. The lowest BCUT2D eigenvalue weighted by molar-refractivity contribution is -0.0511. The lowest BCUT2D eigenvalue weighted by atomic mass is 9.94. The van der Waals surface area contributed by atoms with Crippen molar-refractivity contribution in [3.05, 3.63) is 72.3 Å². The Labute approximate surface area is 195 Å². The summed E-state index contributed by atoms with van der Waals surface area (Å²) in [5.41, 5.74) is 6.30. The van der Waals surface area contributed by atoms with E-state index in [2.05, 4.69) is 68.8 Å². The summed E-state index contributed by atoms with van der Waals surface area (Å²) in [5, 5.41) is 33.3. The van der Waals surface area contributed by atoms with Gasteiger partial charge in [0.25, 0.3) is 0 Å². The molecule has 4 N–H and O–H groups in total. The third-order valence-electron chi connectivity index (χ3n) is 6.84. The molecule has 1 aliphatic carbocycles. The number of aliphatic hydroxyl groups excluding tert-OH is 3. The highest BCUT2D eigenvalue weighted by Crippen LogP contribution is 2.46. The molecule has 2 aromatic heterocycles. The zero-order chi connectivity index (χ0) is 23.2. The van der Waals surface area contributed by atoms with Crippen LogP contribution in [0.1, 0.15) is 29.7 Å². The predicted octanol–water partition coefficient (Wildman–Crippen LogP) is 2.05. The first-order valence-corrected chi connectivity index (χ1v) is 11.4. The predicted molar refractivity (Wildman–Crippen MR) is 125 cm³/mol. The second kappa shape index (κ2) is 8.44. The van der Waals surface area contributed by atoms with E-state index < -0.39 is 31.1 Å². The Kier molecular flexibility index (Phi) is 5.26. The molecule has 4 aromatic rings. The zero-order valence-electron chi connectivity index (χ0n) is 18.3. The number of hydrogen-bond acceptors (Lipinski definition) is 8.